The fourth-order valence-electron chi connectivity index (χ4n) is 1.44. The van der Waals surface area contributed by atoms with E-state index in [4.69, 9.17) is 11.6 Å². The molecule has 0 bridgehead atoms. The van der Waals surface area contributed by atoms with Crippen LogP contribution in [0, 0.1) is 0 Å². The van der Waals surface area contributed by atoms with Gasteiger partial charge in [-0.25, -0.2) is 0 Å². The summed E-state index contributed by atoms with van der Waals surface area (Å²) in [6, 6.07) is 6.08. The Morgan fingerprint density at radius 3 is 2.74 bits per heavy atom. The molecular weight excluding hydrogens is 283 g/mol. The molecule has 0 fully saturated rings. The van der Waals surface area contributed by atoms with Gasteiger partial charge in [-0.15, -0.1) is 0 Å². The normalized spacial score (nSPS) is 11.4. The van der Waals surface area contributed by atoms with Crippen LogP contribution in [0.15, 0.2) is 30.5 Å². The number of carbonyl (C=O) groups excluding carboxylic acids is 1. The van der Waals surface area contributed by atoms with Crippen LogP contribution in [0.25, 0.3) is 0 Å². The minimum Gasteiger partial charge on any atom is -0.322 e. The summed E-state index contributed by atoms with van der Waals surface area (Å²) in [5.74, 6) is -0.914. The van der Waals surface area contributed by atoms with Crippen LogP contribution < -0.4 is 5.32 Å². The van der Waals surface area contributed by atoms with Gasteiger partial charge in [-0.05, 0) is 18.2 Å². The summed E-state index contributed by atoms with van der Waals surface area (Å²) in [6.07, 6.45) is -3.85. The number of anilines is 1. The molecule has 0 radical (unpaired) electrons. The smallest absolute Gasteiger partial charge is 0.322 e. The zero-order chi connectivity index (χ0) is 14.0. The van der Waals surface area contributed by atoms with Crippen molar-refractivity contribution in [3.8, 4) is 0 Å². The van der Waals surface area contributed by atoms with Crippen LogP contribution in [-0.4, -0.2) is 16.1 Å². The van der Waals surface area contributed by atoms with Crippen molar-refractivity contribution in [2.24, 2.45) is 0 Å². The molecule has 2 aromatic rings. The summed E-state index contributed by atoms with van der Waals surface area (Å²) in [4.78, 5) is 11.7. The highest BCUT2D eigenvalue weighted by Crippen LogP contribution is 2.30. The molecule has 1 aromatic carbocycles. The second-order valence-corrected chi connectivity index (χ2v) is 4.06. The zero-order valence-corrected chi connectivity index (χ0v) is 10.0. The molecule has 2 rings (SSSR count). The highest BCUT2D eigenvalue weighted by molar-refractivity contribution is 6.30. The monoisotopic (exact) mass is 289 g/mol. The molecular formula is C11H7ClF3N3O. The van der Waals surface area contributed by atoms with Crippen LogP contribution in [-0.2, 0) is 6.18 Å². The molecule has 2 N–H and O–H groups in total. The predicted molar refractivity (Wildman–Crippen MR) is 63.0 cm³/mol. The Kier molecular flexibility index (Phi) is 3.48. The SMILES string of the molecule is O=C(Nc1cccc(Cl)c1)c1cn[nH]c1C(F)(F)F. The van der Waals surface area contributed by atoms with Gasteiger partial charge in [-0.1, -0.05) is 17.7 Å². The van der Waals surface area contributed by atoms with Gasteiger partial charge in [0, 0.05) is 10.7 Å². The van der Waals surface area contributed by atoms with Crippen molar-refractivity contribution in [1.29, 1.82) is 0 Å². The number of rotatable bonds is 2. The number of halogens is 4. The third-order valence-electron chi connectivity index (χ3n) is 2.25. The fourth-order valence-corrected chi connectivity index (χ4v) is 1.63. The molecule has 0 unspecified atom stereocenters. The van der Waals surface area contributed by atoms with E-state index in [1.54, 1.807) is 17.2 Å². The standard InChI is InChI=1S/C11H7ClF3N3O/c12-6-2-1-3-7(4-6)17-10(19)8-5-16-18-9(8)11(13,14)15/h1-5H,(H,16,18)(H,17,19). The number of carbonyl (C=O) groups is 1. The van der Waals surface area contributed by atoms with E-state index in [2.05, 4.69) is 10.4 Å². The average Bonchev–Trinajstić information content (AvgIpc) is 2.77. The Bertz CT molecular complexity index is 609. The Balaban J connectivity index is 2.24. The summed E-state index contributed by atoms with van der Waals surface area (Å²) < 4.78 is 37.7. The van der Waals surface area contributed by atoms with Gasteiger partial charge >= 0.3 is 6.18 Å². The van der Waals surface area contributed by atoms with Crippen LogP contribution >= 0.6 is 11.6 Å². The third-order valence-corrected chi connectivity index (χ3v) is 2.49. The summed E-state index contributed by atoms with van der Waals surface area (Å²) in [6.45, 7) is 0. The van der Waals surface area contributed by atoms with Crippen LogP contribution in [0.1, 0.15) is 16.1 Å². The van der Waals surface area contributed by atoms with Gasteiger partial charge in [0.2, 0.25) is 0 Å². The van der Waals surface area contributed by atoms with E-state index in [9.17, 15) is 18.0 Å². The first-order chi connectivity index (χ1) is 8.88. The number of hydrogen-bond donors (Lipinski definition) is 2. The number of nitrogens with zero attached hydrogens (tertiary/aromatic N) is 1. The van der Waals surface area contributed by atoms with Gasteiger partial charge < -0.3 is 5.32 Å². The molecule has 0 aliphatic heterocycles. The number of nitrogens with one attached hydrogen (secondary N) is 2. The number of benzene rings is 1. The fraction of sp³-hybridized carbons (Fsp3) is 0.0909. The Hall–Kier alpha value is -2.02. The van der Waals surface area contributed by atoms with Crippen molar-refractivity contribution >= 4 is 23.2 Å². The van der Waals surface area contributed by atoms with Crippen molar-refractivity contribution in [2.45, 2.75) is 6.18 Å². The molecule has 1 aromatic heterocycles. The highest BCUT2D eigenvalue weighted by Gasteiger charge is 2.37. The molecule has 8 heteroatoms. The second kappa shape index (κ2) is 4.93. The molecule has 0 aliphatic rings. The molecule has 100 valence electrons. The Labute approximate surface area is 110 Å². The maximum atomic E-state index is 12.6. The van der Waals surface area contributed by atoms with Crippen LogP contribution in [0.3, 0.4) is 0 Å². The molecule has 1 amide bonds. The summed E-state index contributed by atoms with van der Waals surface area (Å²) in [7, 11) is 0. The van der Waals surface area contributed by atoms with E-state index < -0.39 is 23.3 Å². The number of H-pyrrole nitrogens is 1. The largest absolute Gasteiger partial charge is 0.433 e. The summed E-state index contributed by atoms with van der Waals surface area (Å²) in [5.41, 5.74) is -1.47. The molecule has 4 nitrogen and oxygen atoms in total. The number of amides is 1. The lowest BCUT2D eigenvalue weighted by molar-refractivity contribution is -0.141. The molecule has 1 heterocycles. The van der Waals surface area contributed by atoms with Gasteiger partial charge in [0.1, 0.15) is 0 Å². The number of aromatic amines is 1. The van der Waals surface area contributed by atoms with Crippen LogP contribution in [0.5, 0.6) is 0 Å². The van der Waals surface area contributed by atoms with Gasteiger partial charge in [0.25, 0.3) is 5.91 Å². The second-order valence-electron chi connectivity index (χ2n) is 3.62. The van der Waals surface area contributed by atoms with Gasteiger partial charge in [0.15, 0.2) is 5.69 Å². The number of alkyl halides is 3. The van der Waals surface area contributed by atoms with Gasteiger partial charge in [-0.3, -0.25) is 9.89 Å². The first kappa shape index (κ1) is 13.4. The van der Waals surface area contributed by atoms with E-state index in [1.807, 2.05) is 0 Å². The van der Waals surface area contributed by atoms with E-state index in [0.29, 0.717) is 10.7 Å². The molecule has 0 aliphatic carbocycles. The molecule has 0 atom stereocenters. The lowest BCUT2D eigenvalue weighted by atomic mass is 10.2. The minimum atomic E-state index is -4.67. The third kappa shape index (κ3) is 3.05. The predicted octanol–water partition coefficient (Wildman–Crippen LogP) is 3.33. The van der Waals surface area contributed by atoms with Gasteiger partial charge in [-0.2, -0.15) is 18.3 Å². The maximum Gasteiger partial charge on any atom is 0.433 e. The summed E-state index contributed by atoms with van der Waals surface area (Å²) >= 11 is 5.71. The number of aromatic nitrogens is 2. The highest BCUT2D eigenvalue weighted by atomic mass is 35.5. The van der Waals surface area contributed by atoms with Crippen LogP contribution in [0.2, 0.25) is 5.02 Å². The van der Waals surface area contributed by atoms with Crippen molar-refractivity contribution in [3.63, 3.8) is 0 Å². The van der Waals surface area contributed by atoms with E-state index in [0.717, 1.165) is 6.20 Å². The maximum absolute atomic E-state index is 12.6. The lowest BCUT2D eigenvalue weighted by Crippen LogP contribution is -2.17. The van der Waals surface area contributed by atoms with Crippen molar-refractivity contribution < 1.29 is 18.0 Å². The molecule has 0 spiro atoms. The summed E-state index contributed by atoms with van der Waals surface area (Å²) in [5, 5.41) is 7.68. The van der Waals surface area contributed by atoms with E-state index in [-0.39, 0.29) is 0 Å². The minimum absolute atomic E-state index is 0.298. The van der Waals surface area contributed by atoms with E-state index in [1.165, 1.54) is 12.1 Å². The quantitative estimate of drug-likeness (QED) is 0.891. The zero-order valence-electron chi connectivity index (χ0n) is 9.25. The molecule has 19 heavy (non-hydrogen) atoms. The van der Waals surface area contributed by atoms with Crippen molar-refractivity contribution in [1.82, 2.24) is 10.2 Å². The van der Waals surface area contributed by atoms with Crippen LogP contribution in [0.4, 0.5) is 18.9 Å². The molecule has 0 saturated carbocycles. The first-order valence-electron chi connectivity index (χ1n) is 5.05. The first-order valence-corrected chi connectivity index (χ1v) is 5.43. The van der Waals surface area contributed by atoms with Crippen molar-refractivity contribution in [2.75, 3.05) is 5.32 Å². The Morgan fingerprint density at radius 2 is 2.11 bits per heavy atom. The Morgan fingerprint density at radius 1 is 1.37 bits per heavy atom. The average molecular weight is 290 g/mol. The van der Waals surface area contributed by atoms with Crippen molar-refractivity contribution in [3.05, 3.63) is 46.7 Å². The topological polar surface area (TPSA) is 57.8 Å². The van der Waals surface area contributed by atoms with E-state index >= 15 is 0 Å². The molecule has 0 saturated heterocycles. The van der Waals surface area contributed by atoms with Gasteiger partial charge in [0.05, 0.1) is 11.8 Å². The lowest BCUT2D eigenvalue weighted by Gasteiger charge is -2.08. The number of hydrogen-bond acceptors (Lipinski definition) is 2.